The zero-order valence-corrected chi connectivity index (χ0v) is 11.1. The van der Waals surface area contributed by atoms with Gasteiger partial charge in [-0.1, -0.05) is 30.3 Å². The Morgan fingerprint density at radius 1 is 1.25 bits per heavy atom. The van der Waals surface area contributed by atoms with Crippen LogP contribution >= 0.6 is 0 Å². The van der Waals surface area contributed by atoms with Gasteiger partial charge in [-0.05, 0) is 30.2 Å². The normalized spacial score (nSPS) is 10.7. The highest BCUT2D eigenvalue weighted by molar-refractivity contribution is 5.90. The average Bonchev–Trinajstić information content (AvgIpc) is 2.80. The molecule has 2 aromatic heterocycles. The molecular weight excluding hydrogens is 252 g/mol. The second kappa shape index (κ2) is 5.13. The molecule has 0 unspecified atom stereocenters. The largest absolute Gasteiger partial charge is 0.293 e. The van der Waals surface area contributed by atoms with Gasteiger partial charge in [0.1, 0.15) is 0 Å². The van der Waals surface area contributed by atoms with Crippen LogP contribution in [0.3, 0.4) is 0 Å². The highest BCUT2D eigenvalue weighted by atomic mass is 16.1. The van der Waals surface area contributed by atoms with Crippen LogP contribution in [0.25, 0.3) is 5.65 Å². The van der Waals surface area contributed by atoms with Gasteiger partial charge in [0.25, 0.3) is 0 Å². The Hall–Kier alpha value is -2.69. The van der Waals surface area contributed by atoms with Gasteiger partial charge in [0.15, 0.2) is 5.65 Å². The molecule has 0 aliphatic carbocycles. The van der Waals surface area contributed by atoms with Gasteiger partial charge in [-0.2, -0.15) is 4.98 Å². The number of hydrogen-bond acceptors (Lipinski definition) is 3. The molecule has 1 N–H and O–H groups in total. The van der Waals surface area contributed by atoms with E-state index in [9.17, 15) is 4.79 Å². The second-order valence-electron chi connectivity index (χ2n) is 4.65. The summed E-state index contributed by atoms with van der Waals surface area (Å²) in [6.07, 6.45) is 2.14. The number of rotatable bonds is 3. The summed E-state index contributed by atoms with van der Waals surface area (Å²) in [5.41, 5.74) is 2.79. The van der Waals surface area contributed by atoms with Crippen molar-refractivity contribution in [2.24, 2.45) is 0 Å². The topological polar surface area (TPSA) is 59.3 Å². The molecule has 5 nitrogen and oxygen atoms in total. The van der Waals surface area contributed by atoms with Crippen LogP contribution in [-0.4, -0.2) is 20.5 Å². The number of carbonyl (C=O) groups excluding carboxylic acids is 1. The number of amides is 1. The molecule has 0 aliphatic rings. The summed E-state index contributed by atoms with van der Waals surface area (Å²) in [4.78, 5) is 16.2. The predicted molar refractivity (Wildman–Crippen MR) is 76.5 cm³/mol. The van der Waals surface area contributed by atoms with Crippen LogP contribution in [0.1, 0.15) is 11.1 Å². The number of benzene rings is 1. The molecule has 0 saturated heterocycles. The molecule has 1 aromatic carbocycles. The SMILES string of the molecule is Cc1ccn2nc(NC(=O)Cc3ccccc3)nc2c1. The molecule has 1 amide bonds. The van der Waals surface area contributed by atoms with Crippen molar-refractivity contribution in [1.29, 1.82) is 0 Å². The minimum Gasteiger partial charge on any atom is -0.293 e. The maximum atomic E-state index is 11.9. The molecular formula is C15H14N4O. The van der Waals surface area contributed by atoms with Crippen LogP contribution < -0.4 is 5.32 Å². The van der Waals surface area contributed by atoms with Crippen molar-refractivity contribution in [3.63, 3.8) is 0 Å². The number of carbonyl (C=O) groups is 1. The van der Waals surface area contributed by atoms with Crippen molar-refractivity contribution < 1.29 is 4.79 Å². The van der Waals surface area contributed by atoms with E-state index >= 15 is 0 Å². The molecule has 0 fully saturated rings. The predicted octanol–water partition coefficient (Wildman–Crippen LogP) is 2.22. The standard InChI is InChI=1S/C15H14N4O/c1-11-7-8-19-13(9-11)16-15(18-19)17-14(20)10-12-5-3-2-4-6-12/h2-9H,10H2,1H3,(H,17,18,20). The first-order valence-corrected chi connectivity index (χ1v) is 6.37. The minimum atomic E-state index is -0.121. The summed E-state index contributed by atoms with van der Waals surface area (Å²) in [7, 11) is 0. The van der Waals surface area contributed by atoms with Gasteiger partial charge >= 0.3 is 0 Å². The molecule has 3 aromatic rings. The Balaban J connectivity index is 1.74. The fourth-order valence-electron chi connectivity index (χ4n) is 1.99. The van der Waals surface area contributed by atoms with Gasteiger partial charge in [0.05, 0.1) is 6.42 Å². The highest BCUT2D eigenvalue weighted by Gasteiger charge is 2.08. The number of anilines is 1. The van der Waals surface area contributed by atoms with Gasteiger partial charge in [0, 0.05) is 6.20 Å². The molecule has 0 radical (unpaired) electrons. The van der Waals surface area contributed by atoms with Crippen molar-refractivity contribution in [2.45, 2.75) is 13.3 Å². The number of hydrogen-bond donors (Lipinski definition) is 1. The fraction of sp³-hybridized carbons (Fsp3) is 0.133. The van der Waals surface area contributed by atoms with Crippen LogP contribution in [0.15, 0.2) is 48.7 Å². The first kappa shape index (κ1) is 12.3. The lowest BCUT2D eigenvalue weighted by Crippen LogP contribution is -2.15. The highest BCUT2D eigenvalue weighted by Crippen LogP contribution is 2.08. The third-order valence-corrected chi connectivity index (χ3v) is 2.95. The average molecular weight is 266 g/mol. The minimum absolute atomic E-state index is 0.121. The van der Waals surface area contributed by atoms with E-state index in [0.717, 1.165) is 16.8 Å². The van der Waals surface area contributed by atoms with Crippen molar-refractivity contribution in [3.05, 3.63) is 59.8 Å². The van der Waals surface area contributed by atoms with Crippen molar-refractivity contribution in [1.82, 2.24) is 14.6 Å². The van der Waals surface area contributed by atoms with Gasteiger partial charge in [-0.25, -0.2) is 4.52 Å². The van der Waals surface area contributed by atoms with Gasteiger partial charge in [0.2, 0.25) is 11.9 Å². The van der Waals surface area contributed by atoms with Crippen LogP contribution in [0.2, 0.25) is 0 Å². The summed E-state index contributed by atoms with van der Waals surface area (Å²) in [5.74, 6) is 0.209. The first-order valence-electron chi connectivity index (χ1n) is 6.37. The molecule has 0 atom stereocenters. The number of aromatic nitrogens is 3. The van der Waals surface area contributed by atoms with E-state index in [0.29, 0.717) is 12.4 Å². The number of nitrogens with zero attached hydrogens (tertiary/aromatic N) is 3. The number of pyridine rings is 1. The maximum Gasteiger partial charge on any atom is 0.249 e. The number of aryl methyl sites for hydroxylation is 1. The van der Waals surface area contributed by atoms with E-state index in [4.69, 9.17) is 0 Å². The lowest BCUT2D eigenvalue weighted by molar-refractivity contribution is -0.115. The second-order valence-corrected chi connectivity index (χ2v) is 4.65. The Bertz CT molecular complexity index is 749. The molecule has 100 valence electrons. The van der Waals surface area contributed by atoms with E-state index < -0.39 is 0 Å². The summed E-state index contributed by atoms with van der Waals surface area (Å²) < 4.78 is 1.64. The lowest BCUT2D eigenvalue weighted by atomic mass is 10.1. The Morgan fingerprint density at radius 3 is 2.85 bits per heavy atom. The number of fused-ring (bicyclic) bond motifs is 1. The van der Waals surface area contributed by atoms with E-state index in [1.165, 1.54) is 0 Å². The first-order chi connectivity index (χ1) is 9.70. The molecule has 0 spiro atoms. The fourth-order valence-corrected chi connectivity index (χ4v) is 1.99. The Morgan fingerprint density at radius 2 is 2.05 bits per heavy atom. The van der Waals surface area contributed by atoms with E-state index in [-0.39, 0.29) is 5.91 Å². The van der Waals surface area contributed by atoms with Crippen molar-refractivity contribution in [3.8, 4) is 0 Å². The van der Waals surface area contributed by atoms with Gasteiger partial charge in [-0.15, -0.1) is 5.10 Å². The van der Waals surface area contributed by atoms with Crippen LogP contribution in [0.5, 0.6) is 0 Å². The quantitative estimate of drug-likeness (QED) is 0.790. The molecule has 2 heterocycles. The van der Waals surface area contributed by atoms with Gasteiger partial charge in [-0.3, -0.25) is 10.1 Å². The smallest absolute Gasteiger partial charge is 0.249 e. The number of nitrogens with one attached hydrogen (secondary N) is 1. The third kappa shape index (κ3) is 2.66. The monoisotopic (exact) mass is 266 g/mol. The molecule has 0 saturated carbocycles. The lowest BCUT2D eigenvalue weighted by Gasteiger charge is -2.00. The Labute approximate surface area is 116 Å². The molecule has 0 aliphatic heterocycles. The summed E-state index contributed by atoms with van der Waals surface area (Å²) >= 11 is 0. The van der Waals surface area contributed by atoms with E-state index in [1.54, 1.807) is 4.52 Å². The zero-order chi connectivity index (χ0) is 13.9. The zero-order valence-electron chi connectivity index (χ0n) is 11.1. The molecule has 0 bridgehead atoms. The maximum absolute atomic E-state index is 11.9. The Kier molecular flexibility index (Phi) is 3.16. The van der Waals surface area contributed by atoms with Crippen LogP contribution in [-0.2, 0) is 11.2 Å². The van der Waals surface area contributed by atoms with Crippen molar-refractivity contribution in [2.75, 3.05) is 5.32 Å². The van der Waals surface area contributed by atoms with Crippen LogP contribution in [0, 0.1) is 6.92 Å². The summed E-state index contributed by atoms with van der Waals surface area (Å²) in [5, 5.41) is 6.93. The third-order valence-electron chi connectivity index (χ3n) is 2.95. The molecule has 5 heteroatoms. The summed E-state index contributed by atoms with van der Waals surface area (Å²) in [6, 6.07) is 13.4. The van der Waals surface area contributed by atoms with E-state index in [1.807, 2.05) is 55.6 Å². The van der Waals surface area contributed by atoms with Crippen LogP contribution in [0.4, 0.5) is 5.95 Å². The van der Waals surface area contributed by atoms with Crippen molar-refractivity contribution >= 4 is 17.5 Å². The molecule has 20 heavy (non-hydrogen) atoms. The van der Waals surface area contributed by atoms with Gasteiger partial charge < -0.3 is 0 Å². The molecule has 3 rings (SSSR count). The summed E-state index contributed by atoms with van der Waals surface area (Å²) in [6.45, 7) is 1.99. The van der Waals surface area contributed by atoms with E-state index in [2.05, 4.69) is 15.4 Å².